The molecule has 0 bridgehead atoms. The van der Waals surface area contributed by atoms with Crippen molar-refractivity contribution >= 4 is 30.2 Å². The molecule has 1 unspecified atom stereocenters. The molecule has 3 rings (SSSR count). The van der Waals surface area contributed by atoms with Crippen molar-refractivity contribution in [3.63, 3.8) is 0 Å². The van der Waals surface area contributed by atoms with Crippen molar-refractivity contribution in [2.75, 3.05) is 0 Å². The number of aromatic nitrogens is 2. The monoisotopic (exact) mass is 339 g/mol. The van der Waals surface area contributed by atoms with Gasteiger partial charge in [0.15, 0.2) is 0 Å². The minimum absolute atomic E-state index is 0.115. The van der Waals surface area contributed by atoms with Crippen molar-refractivity contribution < 1.29 is 9.18 Å². The molecule has 0 saturated carbocycles. The Balaban J connectivity index is 1.92. The largest absolute Gasteiger partial charge is 0.329 e. The molecule has 0 fully saturated rings. The zero-order valence-electron chi connectivity index (χ0n) is 14.5. The number of carbonyl (C=O) groups is 1. The molecule has 1 amide bonds. The molecule has 5 nitrogen and oxygen atoms in total. The van der Waals surface area contributed by atoms with Crippen molar-refractivity contribution in [2.45, 2.75) is 26.8 Å². The van der Waals surface area contributed by atoms with Crippen LogP contribution >= 0.6 is 0 Å². The number of carbonyl (C=O) groups excluding carboxylic acids is 1. The molecular weight excluding hydrogens is 320 g/mol. The quantitative estimate of drug-likeness (QED) is 0.858. The summed E-state index contributed by atoms with van der Waals surface area (Å²) in [6.45, 7) is 3.59. The number of nitrogens with zero attached hydrogens (tertiary/aromatic N) is 2. The lowest BCUT2D eigenvalue weighted by molar-refractivity contribution is -0.121. The van der Waals surface area contributed by atoms with Gasteiger partial charge in [0.05, 0.1) is 11.0 Å². The molecule has 1 aliphatic carbocycles. The van der Waals surface area contributed by atoms with Crippen LogP contribution in [0, 0.1) is 12.8 Å². The van der Waals surface area contributed by atoms with E-state index in [-0.39, 0.29) is 36.3 Å². The number of hydrogen-bond donors (Lipinski definition) is 1. The van der Waals surface area contributed by atoms with Gasteiger partial charge in [0, 0.05) is 25.1 Å². The molecule has 7 heteroatoms. The summed E-state index contributed by atoms with van der Waals surface area (Å²) in [5.74, 6) is -0.652. The number of nitrogens with one attached hydrogen (secondary N) is 1. The summed E-state index contributed by atoms with van der Waals surface area (Å²) >= 11 is 0. The van der Waals surface area contributed by atoms with Crippen LogP contribution in [0.2, 0.25) is 0 Å². The third-order valence-corrected chi connectivity index (χ3v) is 4.47. The van der Waals surface area contributed by atoms with Gasteiger partial charge in [-0.3, -0.25) is 13.9 Å². The van der Waals surface area contributed by atoms with Gasteiger partial charge in [0.1, 0.15) is 20.2 Å². The second kappa shape index (κ2) is 6.39. The molecule has 128 valence electrons. The third-order valence-electron chi connectivity index (χ3n) is 4.47. The number of rotatable bonds is 3. The zero-order chi connectivity index (χ0) is 18.3. The van der Waals surface area contributed by atoms with E-state index in [4.69, 9.17) is 7.85 Å². The molecule has 2 aromatic rings. The van der Waals surface area contributed by atoms with Gasteiger partial charge in [0.2, 0.25) is 5.91 Å². The topological polar surface area (TPSA) is 56.0 Å². The Hall–Kier alpha value is -2.57. The number of halogens is 1. The third kappa shape index (κ3) is 3.18. The molecule has 1 heterocycles. The molecule has 0 aliphatic heterocycles. The Kier molecular flexibility index (Phi) is 4.41. The fraction of sp³-hybridized carbons (Fsp3) is 0.333. The maximum absolute atomic E-state index is 13.2. The van der Waals surface area contributed by atoms with E-state index < -0.39 is 0 Å². The van der Waals surface area contributed by atoms with Crippen molar-refractivity contribution in [1.29, 1.82) is 0 Å². The molecule has 0 saturated heterocycles. The molecule has 1 aliphatic rings. The molecule has 25 heavy (non-hydrogen) atoms. The molecule has 2 radical (unpaired) electrons. The van der Waals surface area contributed by atoms with Gasteiger partial charge in [-0.2, -0.15) is 0 Å². The molecule has 0 spiro atoms. The Bertz CT molecular complexity index is 984. The van der Waals surface area contributed by atoms with Crippen molar-refractivity contribution in [3.05, 3.63) is 51.9 Å². The lowest BCUT2D eigenvalue weighted by Gasteiger charge is -2.19. The number of fused-ring (bicyclic) bond motifs is 1. The number of amides is 1. The highest BCUT2D eigenvalue weighted by Crippen LogP contribution is 2.23. The summed E-state index contributed by atoms with van der Waals surface area (Å²) in [5, 5.41) is 2.78. The minimum Gasteiger partial charge on any atom is -0.328 e. The lowest BCUT2D eigenvalue weighted by atomic mass is 9.92. The first kappa shape index (κ1) is 17.3. The Morgan fingerprint density at radius 1 is 1.40 bits per heavy atom. The van der Waals surface area contributed by atoms with Crippen LogP contribution in [-0.4, -0.2) is 22.9 Å². The van der Waals surface area contributed by atoms with Crippen molar-refractivity contribution in [3.8, 4) is 0 Å². The van der Waals surface area contributed by atoms with E-state index in [9.17, 15) is 14.0 Å². The van der Waals surface area contributed by atoms with Gasteiger partial charge in [-0.25, -0.2) is 9.18 Å². The van der Waals surface area contributed by atoms with E-state index in [0.29, 0.717) is 22.2 Å². The van der Waals surface area contributed by atoms with Gasteiger partial charge in [-0.15, -0.1) is 0 Å². The van der Waals surface area contributed by atoms with Crippen LogP contribution in [0.3, 0.4) is 0 Å². The van der Waals surface area contributed by atoms with Gasteiger partial charge < -0.3 is 5.32 Å². The highest BCUT2D eigenvalue weighted by atomic mass is 19.1. The molecular formula is C18H19BFN3O2. The highest BCUT2D eigenvalue weighted by molar-refractivity contribution is 6.38. The number of allylic oxidation sites excluding steroid dienone is 4. The number of aryl methyl sites for hydroxylation is 2. The van der Waals surface area contributed by atoms with E-state index in [0.717, 1.165) is 5.56 Å². The second-order valence-corrected chi connectivity index (χ2v) is 6.54. The van der Waals surface area contributed by atoms with Crippen LogP contribution in [0.5, 0.6) is 0 Å². The zero-order valence-corrected chi connectivity index (χ0v) is 14.5. The predicted octanol–water partition coefficient (Wildman–Crippen LogP) is 1.34. The van der Waals surface area contributed by atoms with Crippen LogP contribution in [0.15, 0.2) is 40.6 Å². The number of benzene rings is 1. The van der Waals surface area contributed by atoms with Crippen molar-refractivity contribution in [2.24, 2.45) is 13.0 Å². The van der Waals surface area contributed by atoms with Gasteiger partial charge in [-0.05, 0) is 30.7 Å². The summed E-state index contributed by atoms with van der Waals surface area (Å²) in [6, 6.07) is 3.63. The Morgan fingerprint density at radius 3 is 2.80 bits per heavy atom. The first-order valence-corrected chi connectivity index (χ1v) is 8.09. The van der Waals surface area contributed by atoms with E-state index in [1.807, 2.05) is 19.9 Å². The van der Waals surface area contributed by atoms with E-state index in [1.54, 1.807) is 19.2 Å². The van der Waals surface area contributed by atoms with Gasteiger partial charge in [0.25, 0.3) is 0 Å². The number of imidazole rings is 1. The SMILES string of the molecule is [B]c1cc(C)cc2c1n(C)c(=O)n2CC(=O)NC1=CC=C(F)CC1C. The summed E-state index contributed by atoms with van der Waals surface area (Å²) in [7, 11) is 7.66. The van der Waals surface area contributed by atoms with Crippen LogP contribution in [0.1, 0.15) is 18.9 Å². The maximum Gasteiger partial charge on any atom is 0.329 e. The average molecular weight is 339 g/mol. The smallest absolute Gasteiger partial charge is 0.328 e. The van der Waals surface area contributed by atoms with Gasteiger partial charge in [-0.1, -0.05) is 18.5 Å². The fourth-order valence-corrected chi connectivity index (χ4v) is 3.21. The van der Waals surface area contributed by atoms with Crippen molar-refractivity contribution in [1.82, 2.24) is 14.5 Å². The second-order valence-electron chi connectivity index (χ2n) is 6.54. The lowest BCUT2D eigenvalue weighted by Crippen LogP contribution is -2.34. The highest BCUT2D eigenvalue weighted by Gasteiger charge is 2.19. The van der Waals surface area contributed by atoms with E-state index >= 15 is 0 Å². The minimum atomic E-state index is -0.330. The normalized spacial score (nSPS) is 17.4. The average Bonchev–Trinajstić information content (AvgIpc) is 2.75. The first-order valence-electron chi connectivity index (χ1n) is 8.09. The Labute approximate surface area is 146 Å². The van der Waals surface area contributed by atoms with E-state index in [1.165, 1.54) is 15.2 Å². The standard InChI is InChI=1S/C18H19BFN3O2/c1-10-6-13(19)17-15(7-10)23(18(25)22(17)3)9-16(24)21-14-5-4-12(20)8-11(14)2/h4-7,11H,8-9H2,1-3H3,(H,21,24). The fourth-order valence-electron chi connectivity index (χ4n) is 3.21. The first-order chi connectivity index (χ1) is 11.8. The predicted molar refractivity (Wildman–Crippen MR) is 96.5 cm³/mol. The summed E-state index contributed by atoms with van der Waals surface area (Å²) in [6.07, 6.45) is 3.18. The van der Waals surface area contributed by atoms with Crippen LogP contribution < -0.4 is 16.5 Å². The molecule has 1 aromatic heterocycles. The van der Waals surface area contributed by atoms with E-state index in [2.05, 4.69) is 5.32 Å². The number of hydrogen-bond acceptors (Lipinski definition) is 2. The summed E-state index contributed by atoms with van der Waals surface area (Å²) in [5.41, 5.74) is 2.98. The summed E-state index contributed by atoms with van der Waals surface area (Å²) < 4.78 is 16.1. The molecule has 1 N–H and O–H groups in total. The summed E-state index contributed by atoms with van der Waals surface area (Å²) in [4.78, 5) is 24.9. The van der Waals surface area contributed by atoms with Crippen LogP contribution in [-0.2, 0) is 18.4 Å². The van der Waals surface area contributed by atoms with Crippen LogP contribution in [0.4, 0.5) is 4.39 Å². The molecule has 1 atom stereocenters. The molecule has 1 aromatic carbocycles. The Morgan fingerprint density at radius 2 is 2.12 bits per heavy atom. The van der Waals surface area contributed by atoms with Gasteiger partial charge >= 0.3 is 5.69 Å². The maximum atomic E-state index is 13.2. The van der Waals surface area contributed by atoms with Crippen LogP contribution in [0.25, 0.3) is 11.0 Å².